The van der Waals surface area contributed by atoms with Crippen molar-refractivity contribution in [3.63, 3.8) is 0 Å². The summed E-state index contributed by atoms with van der Waals surface area (Å²) >= 11 is 0. The summed E-state index contributed by atoms with van der Waals surface area (Å²) in [5.74, 6) is 1.03. The maximum Gasteiger partial charge on any atom is 0.105 e. The van der Waals surface area contributed by atoms with E-state index in [1.54, 1.807) is 6.26 Å². The highest BCUT2D eigenvalue weighted by atomic mass is 16.3. The van der Waals surface area contributed by atoms with Crippen LogP contribution in [0.25, 0.3) is 0 Å². The highest BCUT2D eigenvalue weighted by Crippen LogP contribution is 2.10. The van der Waals surface area contributed by atoms with Crippen LogP contribution in [-0.2, 0) is 6.54 Å². The van der Waals surface area contributed by atoms with Gasteiger partial charge in [-0.05, 0) is 20.0 Å². The molecule has 1 aromatic heterocycles. The van der Waals surface area contributed by atoms with Crippen molar-refractivity contribution in [2.75, 3.05) is 20.1 Å². The molecule has 1 aliphatic rings. The van der Waals surface area contributed by atoms with E-state index >= 15 is 0 Å². The van der Waals surface area contributed by atoms with Crippen molar-refractivity contribution in [1.82, 2.24) is 10.2 Å². The number of nitrogens with zero attached hydrogens (tertiary/aromatic N) is 1. The third-order valence-electron chi connectivity index (χ3n) is 2.61. The molecule has 1 N–H and O–H groups in total. The summed E-state index contributed by atoms with van der Waals surface area (Å²) in [7, 11) is 2.14. The first-order valence-electron chi connectivity index (χ1n) is 4.70. The minimum atomic E-state index is 0.666. The minimum absolute atomic E-state index is 0.666. The Kier molecular flexibility index (Phi) is 2.38. The topological polar surface area (TPSA) is 28.4 Å². The Morgan fingerprint density at radius 2 is 2.38 bits per heavy atom. The maximum atomic E-state index is 5.22. The van der Waals surface area contributed by atoms with E-state index in [9.17, 15) is 0 Å². The zero-order valence-electron chi connectivity index (χ0n) is 8.21. The molecular formula is C10H16N2O. The number of likely N-dealkylation sites (tertiary alicyclic amines) is 1. The predicted octanol–water partition coefficient (Wildman–Crippen LogP) is 0.992. The number of hydrogen-bond acceptors (Lipinski definition) is 3. The van der Waals surface area contributed by atoms with Crippen LogP contribution in [0.15, 0.2) is 16.7 Å². The average molecular weight is 180 g/mol. The zero-order valence-corrected chi connectivity index (χ0v) is 8.21. The quantitative estimate of drug-likeness (QED) is 0.752. The fraction of sp³-hybridized carbons (Fsp3) is 0.600. The van der Waals surface area contributed by atoms with Crippen molar-refractivity contribution in [3.05, 3.63) is 23.7 Å². The fourth-order valence-corrected chi connectivity index (χ4v) is 1.68. The molecule has 0 aromatic carbocycles. The summed E-state index contributed by atoms with van der Waals surface area (Å²) in [6.45, 7) is 5.26. The van der Waals surface area contributed by atoms with Crippen LogP contribution in [0.1, 0.15) is 11.3 Å². The number of hydrogen-bond donors (Lipinski definition) is 1. The van der Waals surface area contributed by atoms with E-state index in [0.29, 0.717) is 6.04 Å². The fourth-order valence-electron chi connectivity index (χ4n) is 1.68. The second-order valence-corrected chi connectivity index (χ2v) is 3.80. The molecule has 2 rings (SSSR count). The highest BCUT2D eigenvalue weighted by Gasteiger charge is 2.22. The Morgan fingerprint density at radius 3 is 2.92 bits per heavy atom. The number of rotatable bonds is 3. The molecule has 1 fully saturated rings. The molecule has 0 bridgehead atoms. The minimum Gasteiger partial charge on any atom is -0.469 e. The van der Waals surface area contributed by atoms with Crippen LogP contribution < -0.4 is 5.32 Å². The lowest BCUT2D eigenvalue weighted by atomic mass is 10.1. The Balaban J connectivity index is 1.77. The van der Waals surface area contributed by atoms with Gasteiger partial charge in [0.2, 0.25) is 0 Å². The molecule has 0 aliphatic carbocycles. The molecule has 1 saturated heterocycles. The van der Waals surface area contributed by atoms with Gasteiger partial charge in [-0.15, -0.1) is 0 Å². The molecule has 2 heterocycles. The van der Waals surface area contributed by atoms with Crippen LogP contribution in [0.4, 0.5) is 0 Å². The summed E-state index contributed by atoms with van der Waals surface area (Å²) in [5.41, 5.74) is 1.27. The lowest BCUT2D eigenvalue weighted by Crippen LogP contribution is -2.55. The summed E-state index contributed by atoms with van der Waals surface area (Å²) in [5, 5.41) is 3.49. The molecule has 72 valence electrons. The molecule has 0 saturated carbocycles. The molecular weight excluding hydrogens is 164 g/mol. The highest BCUT2D eigenvalue weighted by molar-refractivity contribution is 5.15. The van der Waals surface area contributed by atoms with Crippen molar-refractivity contribution >= 4 is 0 Å². The Labute approximate surface area is 78.7 Å². The molecule has 3 nitrogen and oxygen atoms in total. The third kappa shape index (κ3) is 1.92. The first-order valence-corrected chi connectivity index (χ1v) is 4.70. The van der Waals surface area contributed by atoms with Gasteiger partial charge in [0.1, 0.15) is 5.76 Å². The molecule has 0 amide bonds. The lowest BCUT2D eigenvalue weighted by molar-refractivity contribution is 0.161. The molecule has 1 aliphatic heterocycles. The summed E-state index contributed by atoms with van der Waals surface area (Å²) in [6.07, 6.45) is 1.75. The Bertz CT molecular complexity index is 276. The first kappa shape index (κ1) is 8.78. The van der Waals surface area contributed by atoms with E-state index in [-0.39, 0.29) is 0 Å². The van der Waals surface area contributed by atoms with Crippen molar-refractivity contribution in [2.24, 2.45) is 0 Å². The molecule has 0 spiro atoms. The van der Waals surface area contributed by atoms with Crippen molar-refractivity contribution in [2.45, 2.75) is 19.5 Å². The van der Waals surface area contributed by atoms with E-state index in [1.807, 2.05) is 13.0 Å². The van der Waals surface area contributed by atoms with E-state index < -0.39 is 0 Å². The van der Waals surface area contributed by atoms with Gasteiger partial charge in [-0.2, -0.15) is 0 Å². The molecule has 13 heavy (non-hydrogen) atoms. The maximum absolute atomic E-state index is 5.22. The van der Waals surface area contributed by atoms with Gasteiger partial charge in [-0.3, -0.25) is 0 Å². The van der Waals surface area contributed by atoms with E-state index in [0.717, 1.165) is 25.4 Å². The first-order chi connectivity index (χ1) is 6.25. The van der Waals surface area contributed by atoms with Gasteiger partial charge in [0.25, 0.3) is 0 Å². The molecule has 1 aromatic rings. The molecule has 0 atom stereocenters. The third-order valence-corrected chi connectivity index (χ3v) is 2.61. The smallest absolute Gasteiger partial charge is 0.105 e. The van der Waals surface area contributed by atoms with Crippen LogP contribution in [0.2, 0.25) is 0 Å². The monoisotopic (exact) mass is 180 g/mol. The van der Waals surface area contributed by atoms with Gasteiger partial charge >= 0.3 is 0 Å². The van der Waals surface area contributed by atoms with Gasteiger partial charge in [-0.1, -0.05) is 0 Å². The van der Waals surface area contributed by atoms with Crippen LogP contribution in [0.3, 0.4) is 0 Å². The van der Waals surface area contributed by atoms with Gasteiger partial charge in [0.05, 0.1) is 6.26 Å². The molecule has 0 radical (unpaired) electrons. The predicted molar refractivity (Wildman–Crippen MR) is 51.6 cm³/mol. The number of furan rings is 1. The largest absolute Gasteiger partial charge is 0.469 e. The average Bonchev–Trinajstić information content (AvgIpc) is 2.43. The second kappa shape index (κ2) is 3.52. The Hall–Kier alpha value is -0.800. The number of likely N-dealkylation sites (N-methyl/N-ethyl adjacent to an activating group) is 1. The number of aryl methyl sites for hydroxylation is 1. The van der Waals surface area contributed by atoms with Crippen molar-refractivity contribution in [3.8, 4) is 0 Å². The summed E-state index contributed by atoms with van der Waals surface area (Å²) in [6, 6.07) is 2.70. The lowest BCUT2D eigenvalue weighted by Gasteiger charge is -2.36. The van der Waals surface area contributed by atoms with E-state index in [2.05, 4.69) is 17.3 Å². The van der Waals surface area contributed by atoms with Gasteiger partial charge < -0.3 is 14.6 Å². The van der Waals surface area contributed by atoms with Gasteiger partial charge in [0, 0.05) is 31.2 Å². The second-order valence-electron chi connectivity index (χ2n) is 3.80. The summed E-state index contributed by atoms with van der Waals surface area (Å²) in [4.78, 5) is 2.31. The van der Waals surface area contributed by atoms with Crippen molar-refractivity contribution in [1.29, 1.82) is 0 Å². The van der Waals surface area contributed by atoms with Crippen molar-refractivity contribution < 1.29 is 4.42 Å². The molecule has 3 heteroatoms. The standard InChI is InChI=1S/C10H16N2O/c1-8-9(3-4-13-8)5-11-10-6-12(2)7-10/h3-4,10-11H,5-7H2,1-2H3. The SMILES string of the molecule is Cc1occc1CNC1CN(C)C1. The van der Waals surface area contributed by atoms with Crippen LogP contribution in [0, 0.1) is 6.92 Å². The van der Waals surface area contributed by atoms with E-state index in [1.165, 1.54) is 5.56 Å². The van der Waals surface area contributed by atoms with Crippen LogP contribution >= 0.6 is 0 Å². The number of nitrogens with one attached hydrogen (secondary N) is 1. The zero-order chi connectivity index (χ0) is 9.26. The molecule has 0 unspecified atom stereocenters. The summed E-state index contributed by atoms with van der Waals surface area (Å²) < 4.78 is 5.22. The van der Waals surface area contributed by atoms with Gasteiger partial charge in [0.15, 0.2) is 0 Å². The van der Waals surface area contributed by atoms with Crippen LogP contribution in [0.5, 0.6) is 0 Å². The Morgan fingerprint density at radius 1 is 1.62 bits per heavy atom. The van der Waals surface area contributed by atoms with Gasteiger partial charge in [-0.25, -0.2) is 0 Å². The normalized spacial score (nSPS) is 18.9. The van der Waals surface area contributed by atoms with E-state index in [4.69, 9.17) is 4.42 Å². The van der Waals surface area contributed by atoms with Crippen LogP contribution in [-0.4, -0.2) is 31.1 Å².